The van der Waals surface area contributed by atoms with E-state index in [2.05, 4.69) is 74.7 Å². The van der Waals surface area contributed by atoms with Crippen LogP contribution in [0.3, 0.4) is 0 Å². The topological polar surface area (TPSA) is 68.9 Å². The average Bonchev–Trinajstić information content (AvgIpc) is 3.21. The van der Waals surface area contributed by atoms with Crippen LogP contribution in [-0.4, -0.2) is 15.0 Å². The predicted octanol–water partition coefficient (Wildman–Crippen LogP) is 15.7. The lowest BCUT2D eigenvalue weighted by molar-refractivity contribution is 0.421. The monoisotopic (exact) mass is 754 g/mol. The summed E-state index contributed by atoms with van der Waals surface area (Å²) in [6, 6.07) is 27.3. The van der Waals surface area contributed by atoms with Gasteiger partial charge in [-0.1, -0.05) is 188 Å². The van der Waals surface area contributed by atoms with E-state index in [1.807, 2.05) is 171 Å². The van der Waals surface area contributed by atoms with Crippen molar-refractivity contribution in [1.82, 2.24) is 15.0 Å². The van der Waals surface area contributed by atoms with E-state index >= 15 is 0 Å². The lowest BCUT2D eigenvalue weighted by Crippen LogP contribution is -2.14. The van der Waals surface area contributed by atoms with Gasteiger partial charge in [-0.15, -0.1) is 0 Å². The first-order valence-corrected chi connectivity index (χ1v) is 20.7. The maximum atomic E-state index is 11.8. The minimum Gasteiger partial charge on any atom is -0.460 e. The van der Waals surface area contributed by atoms with Crippen LogP contribution < -0.4 is 5.43 Å². The second-order valence-corrected chi connectivity index (χ2v) is 13.9. The van der Waals surface area contributed by atoms with Gasteiger partial charge in [-0.2, -0.15) is 0 Å². The van der Waals surface area contributed by atoms with E-state index in [0.29, 0.717) is 11.0 Å². The second kappa shape index (κ2) is 29.0. The molecule has 3 heterocycles. The average molecular weight is 754 g/mol. The van der Waals surface area contributed by atoms with Gasteiger partial charge in [0.05, 0.1) is 27.6 Å². The number of para-hydroxylation sites is 4. The van der Waals surface area contributed by atoms with E-state index < -0.39 is 0 Å². The molecule has 0 saturated carbocycles. The van der Waals surface area contributed by atoms with Crippen molar-refractivity contribution in [2.75, 3.05) is 0 Å². The van der Waals surface area contributed by atoms with Gasteiger partial charge in [0, 0.05) is 34.7 Å². The Morgan fingerprint density at radius 1 is 0.473 bits per heavy atom. The number of benzene rings is 3. The van der Waals surface area contributed by atoms with E-state index in [0.717, 1.165) is 28.0 Å². The van der Waals surface area contributed by atoms with Crippen molar-refractivity contribution in [3.8, 4) is 0 Å². The minimum atomic E-state index is -0.136. The van der Waals surface area contributed by atoms with Gasteiger partial charge in [0.2, 0.25) is 0 Å². The maximum Gasteiger partial charge on any atom is 0.192 e. The van der Waals surface area contributed by atoms with Gasteiger partial charge >= 0.3 is 0 Å². The normalized spacial score (nSPS) is 9.98. The van der Waals surface area contributed by atoms with E-state index in [9.17, 15) is 4.79 Å². The fourth-order valence-electron chi connectivity index (χ4n) is 4.27. The van der Waals surface area contributed by atoms with Gasteiger partial charge in [-0.25, -0.2) is 4.98 Å². The van der Waals surface area contributed by atoms with Crippen LogP contribution in [0.4, 0.5) is 0 Å². The van der Waals surface area contributed by atoms with E-state index in [1.165, 1.54) is 10.9 Å². The highest BCUT2D eigenvalue weighted by Gasteiger charge is 2.18. The summed E-state index contributed by atoms with van der Waals surface area (Å²) in [5.41, 5.74) is 6.13. The Hall–Kier alpha value is -4.38. The van der Waals surface area contributed by atoms with Crippen LogP contribution in [0.2, 0.25) is 0 Å². The summed E-state index contributed by atoms with van der Waals surface area (Å²) in [5, 5.41) is 1.87. The molecule has 3 aromatic carbocycles. The number of rotatable bonds is 0. The van der Waals surface area contributed by atoms with Crippen LogP contribution in [0.1, 0.15) is 162 Å². The molecule has 6 aromatic rings. The Balaban J connectivity index is -0.000000647. The smallest absolute Gasteiger partial charge is 0.192 e. The van der Waals surface area contributed by atoms with Gasteiger partial charge in [0.25, 0.3) is 0 Å². The number of fused-ring (bicyclic) bond motifs is 3. The first-order chi connectivity index (χ1) is 26.1. The highest BCUT2D eigenvalue weighted by Crippen LogP contribution is 2.25. The number of pyridine rings is 1. The van der Waals surface area contributed by atoms with Gasteiger partial charge in [0.15, 0.2) is 5.43 Å². The first kappa shape index (κ1) is 55.0. The van der Waals surface area contributed by atoms with Crippen LogP contribution in [0.25, 0.3) is 32.9 Å². The quantitative estimate of drug-likeness (QED) is 0.154. The SMILES string of the molecule is CC.CC.CC.CC.CC.CC.CC(C)(C)c1cc(=O)c2ccccc2o1.CC(C)(C)c1cnc2ccccc2c1.CC(C)(C)c1cnc2ccccc2n1. The third kappa shape index (κ3) is 19.2. The van der Waals surface area contributed by atoms with Gasteiger partial charge in [0.1, 0.15) is 11.3 Å². The van der Waals surface area contributed by atoms with Gasteiger partial charge in [-0.3, -0.25) is 14.8 Å². The van der Waals surface area contributed by atoms with Crippen molar-refractivity contribution in [2.24, 2.45) is 0 Å². The number of nitrogens with zero attached hydrogens (tertiary/aromatic N) is 3. The summed E-state index contributed by atoms with van der Waals surface area (Å²) < 4.78 is 5.71. The van der Waals surface area contributed by atoms with Crippen molar-refractivity contribution in [3.63, 3.8) is 0 Å². The molecule has 0 saturated heterocycles. The largest absolute Gasteiger partial charge is 0.460 e. The molecular formula is C50H79N3O2. The molecule has 306 valence electrons. The summed E-state index contributed by atoms with van der Waals surface area (Å²) >= 11 is 0. The van der Waals surface area contributed by atoms with Crippen LogP contribution in [0.15, 0.2) is 107 Å². The van der Waals surface area contributed by atoms with E-state index in [1.54, 1.807) is 12.1 Å². The van der Waals surface area contributed by atoms with Crippen molar-refractivity contribution >= 4 is 32.9 Å². The molecule has 0 atom stereocenters. The summed E-state index contributed by atoms with van der Waals surface area (Å²) in [4.78, 5) is 25.2. The summed E-state index contributed by atoms with van der Waals surface area (Å²) in [5.74, 6) is 0.728. The Bertz CT molecular complexity index is 1810. The molecule has 3 aromatic heterocycles. The Kier molecular flexibility index (Phi) is 29.0. The molecule has 0 aliphatic carbocycles. The second-order valence-electron chi connectivity index (χ2n) is 13.9. The predicted molar refractivity (Wildman–Crippen MR) is 248 cm³/mol. The molecule has 5 heteroatoms. The Labute approximate surface area is 337 Å². The zero-order valence-corrected chi connectivity index (χ0v) is 38.9. The van der Waals surface area contributed by atoms with E-state index in [4.69, 9.17) is 4.42 Å². The highest BCUT2D eigenvalue weighted by molar-refractivity contribution is 5.79. The lowest BCUT2D eigenvalue weighted by atomic mass is 9.88. The minimum absolute atomic E-state index is 0.0294. The van der Waals surface area contributed by atoms with Crippen LogP contribution in [0.5, 0.6) is 0 Å². The number of aromatic nitrogens is 3. The summed E-state index contributed by atoms with van der Waals surface area (Å²) in [6.45, 7) is 43.1. The van der Waals surface area contributed by atoms with Gasteiger partial charge < -0.3 is 4.42 Å². The highest BCUT2D eigenvalue weighted by atomic mass is 16.3. The molecule has 0 spiro atoms. The molecule has 0 aliphatic heterocycles. The molecule has 0 radical (unpaired) electrons. The molecule has 0 unspecified atom stereocenters. The molecule has 0 fully saturated rings. The molecular weight excluding hydrogens is 675 g/mol. The fourth-order valence-corrected chi connectivity index (χ4v) is 4.27. The first-order valence-electron chi connectivity index (χ1n) is 20.7. The standard InChI is InChI=1S/C13H15N.C13H14O2.C12H14N2.6C2H6/c1-13(2,3)11-8-10-6-4-5-7-12(10)14-9-11;1-13(2,3)12-8-10(14)9-6-4-5-7-11(9)15-12;1-12(2,3)11-8-13-9-6-4-5-7-10(9)14-11;6*1-2/h4-9H,1-3H3;4-8H,1-3H3;4-8H,1-3H3;6*1-2H3. The summed E-state index contributed by atoms with van der Waals surface area (Å²) in [7, 11) is 0. The lowest BCUT2D eigenvalue weighted by Gasteiger charge is -2.18. The third-order valence-corrected chi connectivity index (χ3v) is 7.05. The fraction of sp³-hybridized carbons (Fsp3) is 0.480. The van der Waals surface area contributed by atoms with Crippen molar-refractivity contribution in [1.29, 1.82) is 0 Å². The van der Waals surface area contributed by atoms with Crippen LogP contribution in [0, 0.1) is 0 Å². The number of hydrogen-bond donors (Lipinski definition) is 0. The zero-order chi connectivity index (χ0) is 43.4. The van der Waals surface area contributed by atoms with Gasteiger partial charge in [-0.05, 0) is 47.4 Å². The van der Waals surface area contributed by atoms with Crippen molar-refractivity contribution < 1.29 is 4.42 Å². The molecule has 0 aliphatic rings. The number of hydrogen-bond acceptors (Lipinski definition) is 5. The van der Waals surface area contributed by atoms with Crippen LogP contribution >= 0.6 is 0 Å². The Morgan fingerprint density at radius 2 is 0.927 bits per heavy atom. The molecule has 55 heavy (non-hydrogen) atoms. The van der Waals surface area contributed by atoms with Crippen molar-refractivity contribution in [3.05, 3.63) is 125 Å². The van der Waals surface area contributed by atoms with E-state index in [-0.39, 0.29) is 21.7 Å². The molecule has 6 rings (SSSR count). The maximum absolute atomic E-state index is 11.8. The molecule has 0 N–H and O–H groups in total. The molecule has 0 bridgehead atoms. The summed E-state index contributed by atoms with van der Waals surface area (Å²) in [6.07, 6.45) is 3.84. The van der Waals surface area contributed by atoms with Crippen molar-refractivity contribution in [2.45, 2.75) is 162 Å². The zero-order valence-electron chi connectivity index (χ0n) is 38.9. The third-order valence-electron chi connectivity index (χ3n) is 7.05. The molecule has 0 amide bonds. The van der Waals surface area contributed by atoms with Crippen LogP contribution in [-0.2, 0) is 16.2 Å². The Morgan fingerprint density at radius 3 is 1.44 bits per heavy atom. The molecule has 5 nitrogen and oxygen atoms in total.